The molecule has 17 heavy (non-hydrogen) atoms. The van der Waals surface area contributed by atoms with Crippen molar-refractivity contribution in [1.29, 1.82) is 0 Å². The van der Waals surface area contributed by atoms with Crippen LogP contribution in [0.5, 0.6) is 0 Å². The molecule has 2 heterocycles. The largest absolute Gasteiger partial charge is 0.366 e. The molecule has 2 aromatic heterocycles. The van der Waals surface area contributed by atoms with Crippen LogP contribution in [0.2, 0.25) is 0 Å². The number of fused-ring (bicyclic) bond motifs is 1. The van der Waals surface area contributed by atoms with Gasteiger partial charge in [0, 0.05) is 11.9 Å². The molecule has 0 radical (unpaired) electrons. The molecule has 1 aliphatic rings. The number of anilines is 1. The van der Waals surface area contributed by atoms with E-state index >= 15 is 0 Å². The van der Waals surface area contributed by atoms with Gasteiger partial charge in [0.25, 0.3) is 0 Å². The summed E-state index contributed by atoms with van der Waals surface area (Å²) in [5, 5.41) is 18.8. The fourth-order valence-corrected chi connectivity index (χ4v) is 2.70. The number of hydrogen-bond donors (Lipinski definition) is 1. The van der Waals surface area contributed by atoms with Gasteiger partial charge < -0.3 is 5.32 Å². The summed E-state index contributed by atoms with van der Waals surface area (Å²) in [5.74, 6) is 2.03. The molecule has 0 bridgehead atoms. The summed E-state index contributed by atoms with van der Waals surface area (Å²) in [6.07, 6.45) is 3.56. The van der Waals surface area contributed by atoms with Gasteiger partial charge in [0.1, 0.15) is 5.82 Å². The van der Waals surface area contributed by atoms with Gasteiger partial charge in [-0.15, -0.1) is 26.4 Å². The van der Waals surface area contributed by atoms with E-state index in [9.17, 15) is 0 Å². The fraction of sp³-hybridized carbons (Fsp3) is 0.600. The van der Waals surface area contributed by atoms with E-state index in [1.54, 1.807) is 0 Å². The van der Waals surface area contributed by atoms with E-state index < -0.39 is 0 Å². The van der Waals surface area contributed by atoms with Crippen LogP contribution in [-0.4, -0.2) is 37.2 Å². The van der Waals surface area contributed by atoms with Crippen molar-refractivity contribution in [3.8, 4) is 0 Å². The van der Waals surface area contributed by atoms with Crippen molar-refractivity contribution < 1.29 is 0 Å². The van der Waals surface area contributed by atoms with Gasteiger partial charge in [0.15, 0.2) is 5.65 Å². The number of nitrogens with zero attached hydrogens (tertiary/aromatic N) is 5. The second-order valence-corrected chi connectivity index (χ2v) is 4.65. The Morgan fingerprint density at radius 2 is 2.35 bits per heavy atom. The van der Waals surface area contributed by atoms with Gasteiger partial charge in [-0.2, -0.15) is 0 Å². The second kappa shape index (κ2) is 4.44. The van der Waals surface area contributed by atoms with Gasteiger partial charge in [-0.25, -0.2) is 0 Å². The molecular weight excluding hydrogens is 240 g/mol. The lowest BCUT2D eigenvalue weighted by Gasteiger charge is -2.18. The van der Waals surface area contributed by atoms with Crippen LogP contribution in [0.1, 0.15) is 19.3 Å². The molecule has 1 fully saturated rings. The van der Waals surface area contributed by atoms with Crippen LogP contribution >= 0.6 is 11.6 Å². The average molecular weight is 253 g/mol. The lowest BCUT2D eigenvalue weighted by Crippen LogP contribution is -2.25. The lowest BCUT2D eigenvalue weighted by atomic mass is 10.1. The summed E-state index contributed by atoms with van der Waals surface area (Å²) in [5.41, 5.74) is 0.649. The molecule has 1 N–H and O–H groups in total. The van der Waals surface area contributed by atoms with Crippen molar-refractivity contribution in [1.82, 2.24) is 25.3 Å². The summed E-state index contributed by atoms with van der Waals surface area (Å²) in [6.45, 7) is 0. The maximum atomic E-state index is 5.95. The van der Waals surface area contributed by atoms with Crippen LogP contribution in [0.25, 0.3) is 5.65 Å². The molecule has 1 saturated carbocycles. The van der Waals surface area contributed by atoms with E-state index in [1.807, 2.05) is 12.1 Å². The van der Waals surface area contributed by atoms with E-state index in [2.05, 4.69) is 25.9 Å². The van der Waals surface area contributed by atoms with Crippen LogP contribution in [0, 0.1) is 5.92 Å². The smallest absolute Gasteiger partial charge is 0.200 e. The molecule has 0 amide bonds. The standard InChI is InChI=1S/C10H13ClN6/c11-6-7-2-1-3-8(7)12-9-4-5-10-13-15-16-17(10)14-9/h4-5,7-8H,1-3,6H2,(H,12,14). The molecule has 2 atom stereocenters. The molecule has 3 rings (SSSR count). The Hall–Kier alpha value is -1.43. The van der Waals surface area contributed by atoms with Crippen LogP contribution in [0.4, 0.5) is 5.82 Å². The third kappa shape index (κ3) is 2.04. The average Bonchev–Trinajstić information content (AvgIpc) is 2.96. The maximum absolute atomic E-state index is 5.95. The Labute approximate surface area is 103 Å². The van der Waals surface area contributed by atoms with E-state index in [0.717, 1.165) is 12.2 Å². The molecule has 2 unspecified atom stereocenters. The third-order valence-electron chi connectivity index (χ3n) is 3.26. The molecule has 1 aliphatic carbocycles. The van der Waals surface area contributed by atoms with Crippen molar-refractivity contribution in [2.45, 2.75) is 25.3 Å². The number of alkyl halides is 1. The Bertz CT molecular complexity index is 512. The second-order valence-electron chi connectivity index (χ2n) is 4.34. The predicted molar refractivity (Wildman–Crippen MR) is 64.0 cm³/mol. The van der Waals surface area contributed by atoms with E-state index in [0.29, 0.717) is 23.5 Å². The van der Waals surface area contributed by atoms with Crippen molar-refractivity contribution in [2.24, 2.45) is 5.92 Å². The highest BCUT2D eigenvalue weighted by molar-refractivity contribution is 6.18. The van der Waals surface area contributed by atoms with Crippen LogP contribution < -0.4 is 5.32 Å². The number of halogens is 1. The zero-order valence-electron chi connectivity index (χ0n) is 9.25. The summed E-state index contributed by atoms with van der Waals surface area (Å²) in [6, 6.07) is 4.16. The molecule has 7 heteroatoms. The van der Waals surface area contributed by atoms with Gasteiger partial charge in [-0.3, -0.25) is 0 Å². The number of hydrogen-bond acceptors (Lipinski definition) is 5. The highest BCUT2D eigenvalue weighted by Crippen LogP contribution is 2.28. The molecule has 0 spiro atoms. The predicted octanol–water partition coefficient (Wildman–Crippen LogP) is 1.34. The monoisotopic (exact) mass is 252 g/mol. The van der Waals surface area contributed by atoms with Crippen molar-refractivity contribution in [2.75, 3.05) is 11.2 Å². The summed E-state index contributed by atoms with van der Waals surface area (Å²) in [7, 11) is 0. The zero-order valence-corrected chi connectivity index (χ0v) is 10.0. The zero-order chi connectivity index (χ0) is 11.7. The lowest BCUT2D eigenvalue weighted by molar-refractivity contribution is 0.559. The van der Waals surface area contributed by atoms with E-state index in [1.165, 1.54) is 17.5 Å². The Morgan fingerprint density at radius 1 is 1.41 bits per heavy atom. The van der Waals surface area contributed by atoms with Crippen LogP contribution in [0.15, 0.2) is 12.1 Å². The van der Waals surface area contributed by atoms with E-state index in [-0.39, 0.29) is 0 Å². The molecular formula is C10H13ClN6. The SMILES string of the molecule is ClCC1CCCC1Nc1ccc2nnnn2n1. The molecule has 0 aliphatic heterocycles. The summed E-state index contributed by atoms with van der Waals surface area (Å²) >= 11 is 5.95. The van der Waals surface area contributed by atoms with Gasteiger partial charge in [0.05, 0.1) is 0 Å². The Kier molecular flexibility index (Phi) is 2.80. The number of tetrazole rings is 1. The third-order valence-corrected chi connectivity index (χ3v) is 3.66. The van der Waals surface area contributed by atoms with Crippen LogP contribution in [-0.2, 0) is 0 Å². The minimum atomic E-state index is 0.411. The first kappa shape index (κ1) is 10.7. The molecule has 90 valence electrons. The van der Waals surface area contributed by atoms with Crippen molar-refractivity contribution >= 4 is 23.1 Å². The Balaban J connectivity index is 1.79. The topological polar surface area (TPSA) is 68.0 Å². The first-order valence-corrected chi connectivity index (χ1v) is 6.28. The summed E-state index contributed by atoms with van der Waals surface area (Å²) in [4.78, 5) is 0. The van der Waals surface area contributed by atoms with Gasteiger partial charge in [0.2, 0.25) is 0 Å². The normalized spacial score (nSPS) is 24.3. The van der Waals surface area contributed by atoms with E-state index in [4.69, 9.17) is 11.6 Å². The van der Waals surface area contributed by atoms with Crippen molar-refractivity contribution in [3.05, 3.63) is 12.1 Å². The quantitative estimate of drug-likeness (QED) is 0.835. The minimum Gasteiger partial charge on any atom is -0.366 e. The van der Waals surface area contributed by atoms with Gasteiger partial charge in [-0.1, -0.05) is 6.42 Å². The molecule has 2 aromatic rings. The first-order valence-electron chi connectivity index (χ1n) is 5.75. The molecule has 0 saturated heterocycles. The van der Waals surface area contributed by atoms with Crippen molar-refractivity contribution in [3.63, 3.8) is 0 Å². The summed E-state index contributed by atoms with van der Waals surface area (Å²) < 4.78 is 1.42. The number of nitrogens with one attached hydrogen (secondary N) is 1. The highest BCUT2D eigenvalue weighted by atomic mass is 35.5. The minimum absolute atomic E-state index is 0.411. The maximum Gasteiger partial charge on any atom is 0.200 e. The first-order chi connectivity index (χ1) is 8.36. The van der Waals surface area contributed by atoms with Gasteiger partial charge >= 0.3 is 0 Å². The number of rotatable bonds is 3. The Morgan fingerprint density at radius 3 is 3.24 bits per heavy atom. The fourth-order valence-electron chi connectivity index (χ4n) is 2.33. The number of aromatic nitrogens is 5. The van der Waals surface area contributed by atoms with Crippen LogP contribution in [0.3, 0.4) is 0 Å². The highest BCUT2D eigenvalue weighted by Gasteiger charge is 2.26. The molecule has 0 aromatic carbocycles. The van der Waals surface area contributed by atoms with Gasteiger partial charge in [-0.05, 0) is 41.3 Å². The molecule has 6 nitrogen and oxygen atoms in total.